The standard InChI is InChI=1S/C16H23F9O4SSi/c1-12(2,3)31(4,5)29-11-9-7-6-8-10(11)28-30(26,27)16(24,25)14(19,20)13(17,18)15(21,22)23/h8,11H,6-7,9H2,1-5H3. The summed E-state index contributed by atoms with van der Waals surface area (Å²) in [6.07, 6.45) is -7.01. The lowest BCUT2D eigenvalue weighted by Crippen LogP contribution is -2.63. The third-order valence-corrected chi connectivity index (χ3v) is 11.0. The van der Waals surface area contributed by atoms with Crippen LogP contribution in [-0.4, -0.2) is 46.1 Å². The largest absolute Gasteiger partial charge is 0.460 e. The minimum atomic E-state index is -7.35. The molecule has 0 saturated carbocycles. The van der Waals surface area contributed by atoms with Gasteiger partial charge in [0.25, 0.3) is 0 Å². The van der Waals surface area contributed by atoms with E-state index in [9.17, 15) is 47.9 Å². The average molecular weight is 510 g/mol. The molecule has 0 spiro atoms. The van der Waals surface area contributed by atoms with E-state index in [1.807, 2.05) is 0 Å². The second kappa shape index (κ2) is 8.11. The highest BCUT2D eigenvalue weighted by Crippen LogP contribution is 2.55. The minimum absolute atomic E-state index is 0.0362. The lowest BCUT2D eigenvalue weighted by Gasteiger charge is -2.40. The van der Waals surface area contributed by atoms with E-state index < -0.39 is 58.6 Å². The molecule has 0 aromatic carbocycles. The van der Waals surface area contributed by atoms with Gasteiger partial charge in [-0.05, 0) is 43.5 Å². The fraction of sp³-hybridized carbons (Fsp3) is 0.875. The van der Waals surface area contributed by atoms with E-state index in [1.54, 1.807) is 33.9 Å². The molecule has 31 heavy (non-hydrogen) atoms. The molecule has 4 nitrogen and oxygen atoms in total. The van der Waals surface area contributed by atoms with E-state index >= 15 is 0 Å². The Morgan fingerprint density at radius 3 is 1.84 bits per heavy atom. The van der Waals surface area contributed by atoms with Crippen molar-refractivity contribution in [1.29, 1.82) is 0 Å². The predicted octanol–water partition coefficient (Wildman–Crippen LogP) is 6.22. The van der Waals surface area contributed by atoms with Crippen LogP contribution < -0.4 is 0 Å². The van der Waals surface area contributed by atoms with Crippen molar-refractivity contribution in [3.05, 3.63) is 11.8 Å². The molecule has 0 amide bonds. The van der Waals surface area contributed by atoms with Gasteiger partial charge >= 0.3 is 33.4 Å². The van der Waals surface area contributed by atoms with Crippen LogP contribution in [0.2, 0.25) is 18.1 Å². The third kappa shape index (κ3) is 5.02. The van der Waals surface area contributed by atoms with Gasteiger partial charge in [0.05, 0.1) is 0 Å². The van der Waals surface area contributed by atoms with Crippen LogP contribution in [0.25, 0.3) is 0 Å². The van der Waals surface area contributed by atoms with Crippen molar-refractivity contribution >= 4 is 18.4 Å². The van der Waals surface area contributed by atoms with Gasteiger partial charge in [-0.15, -0.1) is 0 Å². The van der Waals surface area contributed by atoms with Gasteiger partial charge in [0.2, 0.25) is 0 Å². The van der Waals surface area contributed by atoms with Gasteiger partial charge in [-0.1, -0.05) is 20.8 Å². The normalized spacial score (nSPS) is 20.5. The zero-order chi connectivity index (χ0) is 24.9. The van der Waals surface area contributed by atoms with Gasteiger partial charge in [0, 0.05) is 0 Å². The molecule has 0 saturated heterocycles. The number of allylic oxidation sites excluding steroid dienone is 1. The Morgan fingerprint density at radius 1 is 0.935 bits per heavy atom. The van der Waals surface area contributed by atoms with Gasteiger partial charge in [0.1, 0.15) is 11.9 Å². The Balaban J connectivity index is 3.31. The second-order valence-corrected chi connectivity index (χ2v) is 14.9. The highest BCUT2D eigenvalue weighted by Gasteiger charge is 2.86. The Labute approximate surface area is 175 Å². The van der Waals surface area contributed by atoms with Crippen molar-refractivity contribution in [3.63, 3.8) is 0 Å². The first kappa shape index (κ1) is 28.1. The number of rotatable bonds is 7. The predicted molar refractivity (Wildman–Crippen MR) is 94.9 cm³/mol. The summed E-state index contributed by atoms with van der Waals surface area (Å²) in [6, 6.07) is 0. The molecule has 1 unspecified atom stereocenters. The van der Waals surface area contributed by atoms with Crippen LogP contribution in [0.3, 0.4) is 0 Å². The molecule has 0 aromatic rings. The molecule has 1 aliphatic rings. The first-order valence-electron chi connectivity index (χ1n) is 8.94. The van der Waals surface area contributed by atoms with Crippen molar-refractivity contribution in [1.82, 2.24) is 0 Å². The molecule has 0 fully saturated rings. The maximum atomic E-state index is 13.9. The van der Waals surface area contributed by atoms with Gasteiger partial charge in [0.15, 0.2) is 8.32 Å². The molecule has 1 aliphatic carbocycles. The topological polar surface area (TPSA) is 52.6 Å². The molecule has 0 heterocycles. The summed E-state index contributed by atoms with van der Waals surface area (Å²) < 4.78 is 151. The van der Waals surface area contributed by atoms with Crippen LogP contribution in [0.15, 0.2) is 11.8 Å². The lowest BCUT2D eigenvalue weighted by atomic mass is 10.0. The van der Waals surface area contributed by atoms with Crippen LogP contribution >= 0.6 is 0 Å². The van der Waals surface area contributed by atoms with Gasteiger partial charge in [-0.3, -0.25) is 0 Å². The second-order valence-electron chi connectivity index (χ2n) is 8.60. The molecule has 0 aromatic heterocycles. The summed E-state index contributed by atoms with van der Waals surface area (Å²) >= 11 is 0. The molecule has 0 radical (unpaired) electrons. The summed E-state index contributed by atoms with van der Waals surface area (Å²) in [5.41, 5.74) is 0. The van der Waals surface area contributed by atoms with Crippen molar-refractivity contribution in [2.24, 2.45) is 0 Å². The SMILES string of the molecule is CC(C)(C)[Si](C)(C)OC1CCCC=C1OS(=O)(=O)C(F)(F)C(F)(F)C(F)(F)C(F)(F)F. The molecule has 1 rings (SSSR count). The smallest absolute Gasteiger partial charge is 0.407 e. The van der Waals surface area contributed by atoms with Crippen LogP contribution in [-0.2, 0) is 18.7 Å². The van der Waals surface area contributed by atoms with E-state index in [0.29, 0.717) is 6.42 Å². The molecule has 0 aliphatic heterocycles. The van der Waals surface area contributed by atoms with Crippen molar-refractivity contribution in [3.8, 4) is 0 Å². The summed E-state index contributed by atoms with van der Waals surface area (Å²) in [7, 11) is -9.65. The zero-order valence-corrected chi connectivity index (χ0v) is 19.0. The highest BCUT2D eigenvalue weighted by molar-refractivity contribution is 7.88. The molecule has 0 N–H and O–H groups in total. The van der Waals surface area contributed by atoms with E-state index in [1.165, 1.54) is 0 Å². The van der Waals surface area contributed by atoms with Gasteiger partial charge in [-0.25, -0.2) is 0 Å². The van der Waals surface area contributed by atoms with E-state index in [2.05, 4.69) is 4.18 Å². The third-order valence-electron chi connectivity index (χ3n) is 5.21. The molecular formula is C16H23F9O4SSi. The monoisotopic (exact) mass is 510 g/mol. The summed E-state index contributed by atoms with van der Waals surface area (Å²) in [4.78, 5) is 0. The van der Waals surface area contributed by atoms with E-state index in [0.717, 1.165) is 6.08 Å². The fourth-order valence-electron chi connectivity index (χ4n) is 2.26. The van der Waals surface area contributed by atoms with Crippen molar-refractivity contribution < 1.29 is 56.5 Å². The minimum Gasteiger partial charge on any atom is -0.407 e. The number of halogens is 9. The Kier molecular flexibility index (Phi) is 7.35. The lowest BCUT2D eigenvalue weighted by molar-refractivity contribution is -0.382. The van der Waals surface area contributed by atoms with Crippen LogP contribution in [0, 0.1) is 0 Å². The van der Waals surface area contributed by atoms with E-state index in [-0.39, 0.29) is 12.8 Å². The van der Waals surface area contributed by atoms with Crippen molar-refractivity contribution in [2.45, 2.75) is 87.5 Å². The molecule has 15 heteroatoms. The fourth-order valence-corrected chi connectivity index (χ4v) is 4.53. The Hall–Kier alpha value is -0.963. The maximum Gasteiger partial charge on any atom is 0.460 e. The molecular weight excluding hydrogens is 487 g/mol. The van der Waals surface area contributed by atoms with Crippen LogP contribution in [0.1, 0.15) is 40.0 Å². The van der Waals surface area contributed by atoms with Gasteiger partial charge < -0.3 is 8.61 Å². The summed E-state index contributed by atoms with van der Waals surface area (Å²) in [5, 5.41) is -7.35. The maximum absolute atomic E-state index is 13.9. The molecule has 1 atom stereocenters. The zero-order valence-electron chi connectivity index (χ0n) is 17.2. The summed E-state index contributed by atoms with van der Waals surface area (Å²) in [5.74, 6) is -15.6. The summed E-state index contributed by atoms with van der Waals surface area (Å²) in [6.45, 7) is 8.78. The number of alkyl halides is 9. The first-order valence-corrected chi connectivity index (χ1v) is 13.3. The quantitative estimate of drug-likeness (QED) is 0.232. The average Bonchev–Trinajstić information content (AvgIpc) is 2.53. The molecule has 0 bridgehead atoms. The van der Waals surface area contributed by atoms with E-state index in [4.69, 9.17) is 4.43 Å². The first-order chi connectivity index (χ1) is 13.4. The molecule has 184 valence electrons. The Morgan fingerprint density at radius 2 is 1.42 bits per heavy atom. The van der Waals surface area contributed by atoms with Crippen LogP contribution in [0.5, 0.6) is 0 Å². The number of hydrogen-bond acceptors (Lipinski definition) is 4. The van der Waals surface area contributed by atoms with Gasteiger partial charge in [-0.2, -0.15) is 47.9 Å². The van der Waals surface area contributed by atoms with Crippen LogP contribution in [0.4, 0.5) is 39.5 Å². The van der Waals surface area contributed by atoms with Crippen molar-refractivity contribution in [2.75, 3.05) is 0 Å². The number of hydrogen-bond donors (Lipinski definition) is 0. The Bertz CT molecular complexity index is 799. The highest BCUT2D eigenvalue weighted by atomic mass is 32.2.